The summed E-state index contributed by atoms with van der Waals surface area (Å²) in [7, 11) is 1.92. The number of rotatable bonds is 3. The highest BCUT2D eigenvalue weighted by molar-refractivity contribution is 5.54. The molecule has 0 bridgehead atoms. The van der Waals surface area contributed by atoms with Gasteiger partial charge in [-0.2, -0.15) is 5.10 Å². The van der Waals surface area contributed by atoms with Crippen molar-refractivity contribution in [3.05, 3.63) is 29.8 Å². The normalized spacial score (nSPS) is 16.5. The summed E-state index contributed by atoms with van der Waals surface area (Å²) < 4.78 is 7.23. The van der Waals surface area contributed by atoms with Crippen LogP contribution in [0.25, 0.3) is 11.4 Å². The molecule has 6 nitrogen and oxygen atoms in total. The van der Waals surface area contributed by atoms with Crippen molar-refractivity contribution >= 4 is 0 Å². The lowest BCUT2D eigenvalue weighted by molar-refractivity contribution is 0.0828. The first-order chi connectivity index (χ1) is 9.78. The van der Waals surface area contributed by atoms with Crippen molar-refractivity contribution in [2.24, 2.45) is 7.05 Å². The molecule has 2 aromatic heterocycles. The van der Waals surface area contributed by atoms with Crippen molar-refractivity contribution in [3.8, 4) is 11.4 Å². The molecule has 1 aliphatic heterocycles. The fraction of sp³-hybridized carbons (Fsp3) is 0.500. The molecule has 0 aromatic carbocycles. The second-order valence-corrected chi connectivity index (χ2v) is 5.04. The molecule has 0 aliphatic carbocycles. The van der Waals surface area contributed by atoms with Gasteiger partial charge in [0.15, 0.2) is 5.82 Å². The van der Waals surface area contributed by atoms with Crippen LogP contribution >= 0.6 is 0 Å². The number of aromatic nitrogens is 4. The van der Waals surface area contributed by atoms with Crippen LogP contribution in [0.5, 0.6) is 0 Å². The number of hydrogen-bond acceptors (Lipinski definition) is 5. The van der Waals surface area contributed by atoms with Gasteiger partial charge in [-0.05, 0) is 24.5 Å². The first-order valence-electron chi connectivity index (χ1n) is 6.82. The lowest BCUT2D eigenvalue weighted by atomic mass is 9.99. The molecular weight excluding hydrogens is 256 g/mol. The summed E-state index contributed by atoms with van der Waals surface area (Å²) in [5.74, 6) is 2.07. The summed E-state index contributed by atoms with van der Waals surface area (Å²) in [6.07, 6.45) is 5.34. The maximum atomic E-state index is 9.17. The Morgan fingerprint density at radius 2 is 2.15 bits per heavy atom. The Balaban J connectivity index is 1.91. The van der Waals surface area contributed by atoms with E-state index in [2.05, 4.69) is 15.1 Å². The Bertz CT molecular complexity index is 591. The maximum absolute atomic E-state index is 9.17. The van der Waals surface area contributed by atoms with Gasteiger partial charge in [0.2, 0.25) is 0 Å². The topological polar surface area (TPSA) is 73.1 Å². The molecule has 2 aromatic rings. The third-order valence-corrected chi connectivity index (χ3v) is 3.62. The van der Waals surface area contributed by atoms with Crippen molar-refractivity contribution in [3.63, 3.8) is 0 Å². The first-order valence-corrected chi connectivity index (χ1v) is 6.82. The second kappa shape index (κ2) is 5.68. The summed E-state index contributed by atoms with van der Waals surface area (Å²) in [5.41, 5.74) is 1.60. The predicted octanol–water partition coefficient (Wildman–Crippen LogP) is 1.26. The maximum Gasteiger partial charge on any atom is 0.182 e. The van der Waals surface area contributed by atoms with Crippen molar-refractivity contribution in [2.45, 2.75) is 25.4 Å². The van der Waals surface area contributed by atoms with Gasteiger partial charge in [-0.1, -0.05) is 0 Å². The molecule has 1 aliphatic rings. The molecule has 3 heterocycles. The summed E-state index contributed by atoms with van der Waals surface area (Å²) >= 11 is 0. The molecule has 106 valence electrons. The molecule has 0 saturated carbocycles. The third-order valence-electron chi connectivity index (χ3n) is 3.62. The third kappa shape index (κ3) is 2.57. The molecule has 0 amide bonds. The van der Waals surface area contributed by atoms with Crippen molar-refractivity contribution < 1.29 is 9.84 Å². The molecule has 3 rings (SSSR count). The Morgan fingerprint density at radius 1 is 1.35 bits per heavy atom. The van der Waals surface area contributed by atoms with E-state index in [1.807, 2.05) is 17.8 Å². The molecule has 1 fully saturated rings. The Kier molecular flexibility index (Phi) is 3.75. The number of hydrogen-bond donors (Lipinski definition) is 1. The molecular formula is C14H18N4O2. The molecule has 0 radical (unpaired) electrons. The Morgan fingerprint density at radius 3 is 2.90 bits per heavy atom. The molecule has 1 N–H and O–H groups in total. The average Bonchev–Trinajstić information content (AvgIpc) is 2.90. The standard InChI is InChI=1S/C14H18N4O2/c1-18-14(11-2-4-20-5-3-11)16-13(17-18)12-6-10(9-19)7-15-8-12/h6-8,11,19H,2-5,9H2,1H3. The van der Waals surface area contributed by atoms with E-state index in [1.54, 1.807) is 12.4 Å². The predicted molar refractivity (Wildman–Crippen MR) is 73.0 cm³/mol. The van der Waals surface area contributed by atoms with E-state index in [0.29, 0.717) is 11.7 Å². The van der Waals surface area contributed by atoms with E-state index in [4.69, 9.17) is 4.74 Å². The number of aliphatic hydroxyl groups excluding tert-OH is 1. The lowest BCUT2D eigenvalue weighted by Crippen LogP contribution is -2.17. The van der Waals surface area contributed by atoms with Crippen LogP contribution in [0.15, 0.2) is 18.5 Å². The summed E-state index contributed by atoms with van der Waals surface area (Å²) in [6, 6.07) is 1.87. The van der Waals surface area contributed by atoms with E-state index in [9.17, 15) is 5.11 Å². The summed E-state index contributed by atoms with van der Waals surface area (Å²) in [4.78, 5) is 8.77. The fourth-order valence-corrected chi connectivity index (χ4v) is 2.53. The quantitative estimate of drug-likeness (QED) is 0.912. The zero-order chi connectivity index (χ0) is 13.9. The molecule has 1 saturated heterocycles. The highest BCUT2D eigenvalue weighted by atomic mass is 16.5. The van der Waals surface area contributed by atoms with E-state index in [-0.39, 0.29) is 6.61 Å². The van der Waals surface area contributed by atoms with Crippen molar-refractivity contribution in [1.82, 2.24) is 19.7 Å². The van der Waals surface area contributed by atoms with Crippen LogP contribution < -0.4 is 0 Å². The number of nitrogens with zero attached hydrogens (tertiary/aromatic N) is 4. The van der Waals surface area contributed by atoms with Crippen LogP contribution in [-0.4, -0.2) is 38.1 Å². The highest BCUT2D eigenvalue weighted by Crippen LogP contribution is 2.27. The summed E-state index contributed by atoms with van der Waals surface area (Å²) in [6.45, 7) is 1.54. The SMILES string of the molecule is Cn1nc(-c2cncc(CO)c2)nc1C1CCOCC1. The average molecular weight is 274 g/mol. The van der Waals surface area contributed by atoms with Crippen LogP contribution in [0.2, 0.25) is 0 Å². The molecule has 6 heteroatoms. The Labute approximate surface area is 117 Å². The minimum Gasteiger partial charge on any atom is -0.392 e. The monoisotopic (exact) mass is 274 g/mol. The number of aliphatic hydroxyl groups is 1. The smallest absolute Gasteiger partial charge is 0.182 e. The van der Waals surface area contributed by atoms with Gasteiger partial charge in [0.1, 0.15) is 5.82 Å². The van der Waals surface area contributed by atoms with Gasteiger partial charge in [-0.25, -0.2) is 4.98 Å². The minimum atomic E-state index is -0.0273. The van der Waals surface area contributed by atoms with Gasteiger partial charge >= 0.3 is 0 Å². The fourth-order valence-electron chi connectivity index (χ4n) is 2.53. The molecule has 0 atom stereocenters. The zero-order valence-corrected chi connectivity index (χ0v) is 11.5. The number of pyridine rings is 1. The summed E-state index contributed by atoms with van der Waals surface area (Å²) in [5, 5.41) is 13.6. The van der Waals surface area contributed by atoms with Crippen molar-refractivity contribution in [2.75, 3.05) is 13.2 Å². The molecule has 0 unspecified atom stereocenters. The lowest BCUT2D eigenvalue weighted by Gasteiger charge is -2.20. The van der Waals surface area contributed by atoms with Gasteiger partial charge in [0, 0.05) is 44.1 Å². The van der Waals surface area contributed by atoms with E-state index < -0.39 is 0 Å². The van der Waals surface area contributed by atoms with E-state index >= 15 is 0 Å². The van der Waals surface area contributed by atoms with Crippen LogP contribution in [0.1, 0.15) is 30.1 Å². The molecule has 0 spiro atoms. The number of ether oxygens (including phenoxy) is 1. The van der Waals surface area contributed by atoms with Gasteiger partial charge in [-0.15, -0.1) is 0 Å². The Hall–Kier alpha value is -1.79. The van der Waals surface area contributed by atoms with Gasteiger partial charge in [0.05, 0.1) is 6.61 Å². The first kappa shape index (κ1) is 13.2. The van der Waals surface area contributed by atoms with Gasteiger partial charge in [0.25, 0.3) is 0 Å². The van der Waals surface area contributed by atoms with Gasteiger partial charge in [-0.3, -0.25) is 9.67 Å². The number of aryl methyl sites for hydroxylation is 1. The zero-order valence-electron chi connectivity index (χ0n) is 11.5. The van der Waals surface area contributed by atoms with E-state index in [0.717, 1.165) is 43.0 Å². The second-order valence-electron chi connectivity index (χ2n) is 5.04. The van der Waals surface area contributed by atoms with Crippen LogP contribution in [-0.2, 0) is 18.4 Å². The van der Waals surface area contributed by atoms with Crippen molar-refractivity contribution in [1.29, 1.82) is 0 Å². The van der Waals surface area contributed by atoms with E-state index in [1.165, 1.54) is 0 Å². The molecule has 20 heavy (non-hydrogen) atoms. The van der Waals surface area contributed by atoms with Crippen LogP contribution in [0.3, 0.4) is 0 Å². The van der Waals surface area contributed by atoms with Crippen LogP contribution in [0, 0.1) is 0 Å². The van der Waals surface area contributed by atoms with Crippen LogP contribution in [0.4, 0.5) is 0 Å². The van der Waals surface area contributed by atoms with Gasteiger partial charge < -0.3 is 9.84 Å². The minimum absolute atomic E-state index is 0.0273. The largest absolute Gasteiger partial charge is 0.392 e. The highest BCUT2D eigenvalue weighted by Gasteiger charge is 2.22.